The van der Waals surface area contributed by atoms with E-state index in [-0.39, 0.29) is 12.2 Å². The summed E-state index contributed by atoms with van der Waals surface area (Å²) in [5.41, 5.74) is 4.35. The van der Waals surface area contributed by atoms with Gasteiger partial charge in [0.05, 0.1) is 11.9 Å². The van der Waals surface area contributed by atoms with Crippen LogP contribution in [0.2, 0.25) is 0 Å². The Hall–Kier alpha value is -1.88. The van der Waals surface area contributed by atoms with E-state index >= 15 is 0 Å². The molecule has 1 aromatic rings. The first kappa shape index (κ1) is 12.2. The first-order valence-electron chi connectivity index (χ1n) is 3.92. The van der Waals surface area contributed by atoms with Gasteiger partial charge in [0.15, 0.2) is 11.6 Å². The van der Waals surface area contributed by atoms with Gasteiger partial charge in [-0.2, -0.15) is 5.26 Å². The van der Waals surface area contributed by atoms with Crippen LogP contribution in [0, 0.1) is 17.1 Å². The maximum Gasteiger partial charge on any atom is 0.573 e. The summed E-state index contributed by atoms with van der Waals surface area (Å²) < 4.78 is 52.1. The van der Waals surface area contributed by atoms with Crippen molar-refractivity contribution in [3.63, 3.8) is 0 Å². The summed E-state index contributed by atoms with van der Waals surface area (Å²) in [6, 6.07) is 1.38. The summed E-state index contributed by atoms with van der Waals surface area (Å²) in [5, 5.41) is 8.53. The Balaban J connectivity index is 3.21. The predicted molar refractivity (Wildman–Crippen MR) is 43.5 cm³/mol. The smallest absolute Gasteiger partial charge is 0.401 e. The molecule has 0 aliphatic rings. The zero-order valence-corrected chi connectivity index (χ0v) is 7.68. The van der Waals surface area contributed by atoms with E-state index in [1.165, 1.54) is 6.07 Å². The fraction of sp³-hybridized carbons (Fsp3) is 0.250. The van der Waals surface area contributed by atoms with E-state index < -0.39 is 23.5 Å². The third-order valence-electron chi connectivity index (χ3n) is 1.59. The largest absolute Gasteiger partial charge is 0.573 e. The van der Waals surface area contributed by atoms with Crippen LogP contribution in [0.25, 0.3) is 0 Å². The number of rotatable bonds is 2. The van der Waals surface area contributed by atoms with Gasteiger partial charge >= 0.3 is 6.36 Å². The SMILES string of the molecule is N#Cc1c(CN)ncc(OC(F)(F)F)c1F. The zero-order chi connectivity index (χ0) is 12.3. The second-order valence-electron chi connectivity index (χ2n) is 2.62. The maximum absolute atomic E-state index is 13.3. The quantitative estimate of drug-likeness (QED) is 0.787. The minimum absolute atomic E-state index is 0.130. The lowest BCUT2D eigenvalue weighted by Gasteiger charge is -2.10. The molecule has 0 radical (unpaired) electrons. The Morgan fingerprint density at radius 3 is 2.56 bits per heavy atom. The van der Waals surface area contributed by atoms with Gasteiger partial charge in [-0.05, 0) is 0 Å². The van der Waals surface area contributed by atoms with Crippen LogP contribution in [0.5, 0.6) is 5.75 Å². The van der Waals surface area contributed by atoms with Crippen molar-refractivity contribution in [1.29, 1.82) is 5.26 Å². The molecule has 0 saturated carbocycles. The first-order valence-corrected chi connectivity index (χ1v) is 3.92. The van der Waals surface area contributed by atoms with Gasteiger partial charge < -0.3 is 10.5 Å². The third-order valence-corrected chi connectivity index (χ3v) is 1.59. The molecule has 0 fully saturated rings. The topological polar surface area (TPSA) is 71.9 Å². The highest BCUT2D eigenvalue weighted by molar-refractivity contribution is 5.40. The molecule has 0 amide bonds. The highest BCUT2D eigenvalue weighted by Gasteiger charge is 2.33. The van der Waals surface area contributed by atoms with Crippen LogP contribution in [-0.2, 0) is 6.54 Å². The van der Waals surface area contributed by atoms with Gasteiger partial charge in [0.2, 0.25) is 0 Å². The van der Waals surface area contributed by atoms with E-state index in [4.69, 9.17) is 11.0 Å². The van der Waals surface area contributed by atoms with Crippen LogP contribution in [0.4, 0.5) is 17.6 Å². The molecule has 16 heavy (non-hydrogen) atoms. The molecule has 0 aliphatic heterocycles. The number of aromatic nitrogens is 1. The van der Waals surface area contributed by atoms with Gasteiger partial charge in [0.1, 0.15) is 11.6 Å². The fourth-order valence-corrected chi connectivity index (χ4v) is 0.972. The summed E-state index contributed by atoms with van der Waals surface area (Å²) >= 11 is 0. The minimum Gasteiger partial charge on any atom is -0.401 e. The molecular weight excluding hydrogens is 230 g/mol. The monoisotopic (exact) mass is 235 g/mol. The van der Waals surface area contributed by atoms with Gasteiger partial charge in [-0.15, -0.1) is 13.2 Å². The lowest BCUT2D eigenvalue weighted by Crippen LogP contribution is -2.19. The number of nitriles is 1. The Morgan fingerprint density at radius 1 is 1.50 bits per heavy atom. The third kappa shape index (κ3) is 2.58. The van der Waals surface area contributed by atoms with Crippen LogP contribution in [0.15, 0.2) is 6.20 Å². The summed E-state index contributed by atoms with van der Waals surface area (Å²) in [6.45, 7) is -0.258. The van der Waals surface area contributed by atoms with Crippen molar-refractivity contribution in [3.05, 3.63) is 23.3 Å². The van der Waals surface area contributed by atoms with Gasteiger partial charge in [-0.3, -0.25) is 4.98 Å². The second kappa shape index (κ2) is 4.32. The van der Waals surface area contributed by atoms with E-state index in [1.54, 1.807) is 0 Å². The van der Waals surface area contributed by atoms with Crippen LogP contribution < -0.4 is 10.5 Å². The molecule has 8 heteroatoms. The van der Waals surface area contributed by atoms with Crippen LogP contribution in [-0.4, -0.2) is 11.3 Å². The normalized spacial score (nSPS) is 11.0. The van der Waals surface area contributed by atoms with E-state index in [0.29, 0.717) is 6.20 Å². The molecule has 0 spiro atoms. The number of nitrogens with zero attached hydrogens (tertiary/aromatic N) is 2. The van der Waals surface area contributed by atoms with Crippen LogP contribution >= 0.6 is 0 Å². The molecule has 0 bridgehead atoms. The molecule has 0 unspecified atom stereocenters. The fourth-order valence-electron chi connectivity index (χ4n) is 0.972. The molecular formula is C8H5F4N3O. The van der Waals surface area contributed by atoms with E-state index in [1.807, 2.05) is 0 Å². The second-order valence-corrected chi connectivity index (χ2v) is 2.62. The number of ether oxygens (including phenoxy) is 1. The molecule has 2 N–H and O–H groups in total. The summed E-state index contributed by atoms with van der Waals surface area (Å²) in [6.07, 6.45) is -4.51. The number of hydrogen-bond donors (Lipinski definition) is 1. The average molecular weight is 235 g/mol. The number of alkyl halides is 3. The molecule has 0 aromatic carbocycles. The van der Waals surface area contributed by atoms with Crippen molar-refractivity contribution < 1.29 is 22.3 Å². The predicted octanol–water partition coefficient (Wildman–Crippen LogP) is 1.45. The first-order chi connectivity index (χ1) is 7.39. The standard InChI is InChI=1S/C8H5F4N3O/c9-7-4(1-13)5(2-14)15-3-6(7)16-8(10,11)12/h3H,2,14H2. The Bertz CT molecular complexity index is 438. The zero-order valence-electron chi connectivity index (χ0n) is 7.68. The minimum atomic E-state index is -5.04. The lowest BCUT2D eigenvalue weighted by atomic mass is 10.2. The number of pyridine rings is 1. The van der Waals surface area contributed by atoms with Crippen molar-refractivity contribution in [3.8, 4) is 11.8 Å². The average Bonchev–Trinajstić information content (AvgIpc) is 2.19. The number of hydrogen-bond acceptors (Lipinski definition) is 4. The molecule has 0 atom stereocenters. The Kier molecular flexibility index (Phi) is 3.29. The lowest BCUT2D eigenvalue weighted by molar-refractivity contribution is -0.275. The molecule has 4 nitrogen and oxygen atoms in total. The van der Waals surface area contributed by atoms with Crippen LogP contribution in [0.1, 0.15) is 11.3 Å². The number of nitrogens with two attached hydrogens (primary N) is 1. The molecule has 0 aliphatic carbocycles. The van der Waals surface area contributed by atoms with Gasteiger partial charge in [-0.25, -0.2) is 4.39 Å². The van der Waals surface area contributed by atoms with E-state index in [2.05, 4.69) is 9.72 Å². The number of halogens is 4. The summed E-state index contributed by atoms with van der Waals surface area (Å²) in [7, 11) is 0. The molecule has 1 heterocycles. The summed E-state index contributed by atoms with van der Waals surface area (Å²) in [4.78, 5) is 3.40. The highest BCUT2D eigenvalue weighted by atomic mass is 19.4. The van der Waals surface area contributed by atoms with Gasteiger partial charge in [-0.1, -0.05) is 0 Å². The van der Waals surface area contributed by atoms with E-state index in [9.17, 15) is 17.6 Å². The van der Waals surface area contributed by atoms with Gasteiger partial charge in [0.25, 0.3) is 0 Å². The molecule has 1 aromatic heterocycles. The highest BCUT2D eigenvalue weighted by Crippen LogP contribution is 2.27. The van der Waals surface area contributed by atoms with Crippen molar-refractivity contribution >= 4 is 0 Å². The molecule has 1 rings (SSSR count). The van der Waals surface area contributed by atoms with Gasteiger partial charge in [0, 0.05) is 6.54 Å². The van der Waals surface area contributed by atoms with Crippen molar-refractivity contribution in [1.82, 2.24) is 4.98 Å². The Labute approximate surface area is 87.3 Å². The molecule has 0 saturated heterocycles. The van der Waals surface area contributed by atoms with Crippen molar-refractivity contribution in [2.75, 3.05) is 0 Å². The van der Waals surface area contributed by atoms with Crippen molar-refractivity contribution in [2.24, 2.45) is 5.73 Å². The van der Waals surface area contributed by atoms with Crippen molar-refractivity contribution in [2.45, 2.75) is 12.9 Å². The van der Waals surface area contributed by atoms with E-state index in [0.717, 1.165) is 0 Å². The maximum atomic E-state index is 13.3. The Morgan fingerprint density at radius 2 is 2.12 bits per heavy atom. The summed E-state index contributed by atoms with van der Waals surface area (Å²) in [5.74, 6) is -2.57. The van der Waals surface area contributed by atoms with Crippen LogP contribution in [0.3, 0.4) is 0 Å². The molecule has 86 valence electrons.